The number of ether oxygens (including phenoxy) is 2. The molecule has 0 radical (unpaired) electrons. The van der Waals surface area contributed by atoms with Crippen LogP contribution in [0.1, 0.15) is 5.56 Å². The first kappa shape index (κ1) is 13.5. The van der Waals surface area contributed by atoms with E-state index in [0.717, 1.165) is 19.7 Å². The number of rotatable bonds is 4. The van der Waals surface area contributed by atoms with E-state index in [0.29, 0.717) is 13.2 Å². The van der Waals surface area contributed by atoms with Gasteiger partial charge in [0, 0.05) is 13.1 Å². The van der Waals surface area contributed by atoms with Crippen molar-refractivity contribution < 1.29 is 9.47 Å². The number of hydrogen-bond donors (Lipinski definition) is 1. The SMILES string of the molecule is Cl.c1ccc(COC[C@@H]2CNCCO2)cc1. The molecule has 0 unspecified atom stereocenters. The van der Waals surface area contributed by atoms with Gasteiger partial charge in [0.1, 0.15) is 0 Å². The van der Waals surface area contributed by atoms with E-state index in [2.05, 4.69) is 17.4 Å². The molecule has 1 saturated heterocycles. The molecule has 1 fully saturated rings. The zero-order valence-corrected chi connectivity index (χ0v) is 10.0. The standard InChI is InChI=1S/C12H17NO2.ClH/c1-2-4-11(5-3-1)9-14-10-12-8-13-6-7-15-12;/h1-5,12-13H,6-10H2;1H/t12-;/m0./s1. The lowest BCUT2D eigenvalue weighted by atomic mass is 10.2. The van der Waals surface area contributed by atoms with Crippen molar-refractivity contribution in [1.29, 1.82) is 0 Å². The van der Waals surface area contributed by atoms with E-state index in [-0.39, 0.29) is 18.5 Å². The smallest absolute Gasteiger partial charge is 0.0933 e. The lowest BCUT2D eigenvalue weighted by molar-refractivity contribution is -0.0357. The van der Waals surface area contributed by atoms with Gasteiger partial charge in [-0.25, -0.2) is 0 Å². The first-order valence-corrected chi connectivity index (χ1v) is 5.39. The zero-order valence-electron chi connectivity index (χ0n) is 9.22. The van der Waals surface area contributed by atoms with E-state index in [1.54, 1.807) is 0 Å². The molecule has 1 aromatic rings. The fourth-order valence-corrected chi connectivity index (χ4v) is 1.61. The quantitative estimate of drug-likeness (QED) is 0.872. The molecule has 1 heterocycles. The Morgan fingerprint density at radius 3 is 2.81 bits per heavy atom. The summed E-state index contributed by atoms with van der Waals surface area (Å²) < 4.78 is 11.1. The molecule has 4 heteroatoms. The molecular weight excluding hydrogens is 226 g/mol. The predicted octanol–water partition coefficient (Wildman–Crippen LogP) is 1.61. The van der Waals surface area contributed by atoms with Crippen LogP contribution >= 0.6 is 12.4 Å². The summed E-state index contributed by atoms with van der Waals surface area (Å²) in [5, 5.41) is 3.28. The Bertz CT molecular complexity index is 276. The average molecular weight is 244 g/mol. The van der Waals surface area contributed by atoms with Gasteiger partial charge in [-0.1, -0.05) is 30.3 Å². The summed E-state index contributed by atoms with van der Waals surface area (Å²) in [6.45, 7) is 3.98. The second-order valence-electron chi connectivity index (χ2n) is 3.70. The molecule has 3 nitrogen and oxygen atoms in total. The monoisotopic (exact) mass is 243 g/mol. The maximum Gasteiger partial charge on any atom is 0.0933 e. The van der Waals surface area contributed by atoms with E-state index in [9.17, 15) is 0 Å². The molecule has 2 rings (SSSR count). The number of morpholine rings is 1. The van der Waals surface area contributed by atoms with Gasteiger partial charge in [-0.15, -0.1) is 12.4 Å². The molecule has 1 N–H and O–H groups in total. The van der Waals surface area contributed by atoms with Gasteiger partial charge in [0.15, 0.2) is 0 Å². The number of halogens is 1. The van der Waals surface area contributed by atoms with Crippen molar-refractivity contribution in [3.63, 3.8) is 0 Å². The van der Waals surface area contributed by atoms with E-state index >= 15 is 0 Å². The van der Waals surface area contributed by atoms with Gasteiger partial charge in [0.05, 0.1) is 25.9 Å². The topological polar surface area (TPSA) is 30.5 Å². The molecule has 1 aliphatic rings. The Labute approximate surface area is 103 Å². The van der Waals surface area contributed by atoms with Crippen LogP contribution in [0.5, 0.6) is 0 Å². The van der Waals surface area contributed by atoms with Crippen molar-refractivity contribution in [2.75, 3.05) is 26.3 Å². The Hall–Kier alpha value is -0.610. The number of benzene rings is 1. The fraction of sp³-hybridized carbons (Fsp3) is 0.500. The van der Waals surface area contributed by atoms with Crippen LogP contribution in [0.3, 0.4) is 0 Å². The second kappa shape index (κ2) is 7.63. The zero-order chi connectivity index (χ0) is 10.3. The molecule has 0 aromatic heterocycles. The van der Waals surface area contributed by atoms with Crippen molar-refractivity contribution in [2.45, 2.75) is 12.7 Å². The van der Waals surface area contributed by atoms with Crippen LogP contribution in [-0.2, 0) is 16.1 Å². The van der Waals surface area contributed by atoms with Gasteiger partial charge in [0.2, 0.25) is 0 Å². The molecular formula is C12H18ClNO2. The highest BCUT2D eigenvalue weighted by molar-refractivity contribution is 5.85. The minimum atomic E-state index is 0. The average Bonchev–Trinajstić information content (AvgIpc) is 2.32. The minimum absolute atomic E-state index is 0. The van der Waals surface area contributed by atoms with Gasteiger partial charge in [0.25, 0.3) is 0 Å². The Morgan fingerprint density at radius 2 is 2.12 bits per heavy atom. The number of hydrogen-bond acceptors (Lipinski definition) is 3. The summed E-state index contributed by atoms with van der Waals surface area (Å²) in [7, 11) is 0. The van der Waals surface area contributed by atoms with Crippen molar-refractivity contribution in [3.05, 3.63) is 35.9 Å². The summed E-state index contributed by atoms with van der Waals surface area (Å²) in [6, 6.07) is 10.2. The summed E-state index contributed by atoms with van der Waals surface area (Å²) in [6.07, 6.45) is 0.211. The predicted molar refractivity (Wildman–Crippen MR) is 66.0 cm³/mol. The van der Waals surface area contributed by atoms with Crippen molar-refractivity contribution in [3.8, 4) is 0 Å². The van der Waals surface area contributed by atoms with Crippen LogP contribution in [0.25, 0.3) is 0 Å². The van der Waals surface area contributed by atoms with Gasteiger partial charge in [-0.2, -0.15) is 0 Å². The highest BCUT2D eigenvalue weighted by Gasteiger charge is 2.12. The van der Waals surface area contributed by atoms with Crippen LogP contribution in [-0.4, -0.2) is 32.4 Å². The highest BCUT2D eigenvalue weighted by Crippen LogP contribution is 2.03. The van der Waals surface area contributed by atoms with E-state index in [1.165, 1.54) is 5.56 Å². The van der Waals surface area contributed by atoms with E-state index in [4.69, 9.17) is 9.47 Å². The van der Waals surface area contributed by atoms with Crippen molar-refractivity contribution >= 4 is 12.4 Å². The lowest BCUT2D eigenvalue weighted by Gasteiger charge is -2.23. The van der Waals surface area contributed by atoms with Crippen LogP contribution in [0, 0.1) is 0 Å². The first-order valence-electron chi connectivity index (χ1n) is 5.39. The van der Waals surface area contributed by atoms with Gasteiger partial charge < -0.3 is 14.8 Å². The lowest BCUT2D eigenvalue weighted by Crippen LogP contribution is -2.40. The van der Waals surface area contributed by atoms with E-state index < -0.39 is 0 Å². The number of nitrogens with one attached hydrogen (secondary N) is 1. The third-order valence-electron chi connectivity index (χ3n) is 2.42. The summed E-state index contributed by atoms with van der Waals surface area (Å²) in [5.41, 5.74) is 1.21. The summed E-state index contributed by atoms with van der Waals surface area (Å²) >= 11 is 0. The Kier molecular flexibility index (Phi) is 6.42. The largest absolute Gasteiger partial charge is 0.374 e. The van der Waals surface area contributed by atoms with E-state index in [1.807, 2.05) is 18.2 Å². The highest BCUT2D eigenvalue weighted by atomic mass is 35.5. The Morgan fingerprint density at radius 1 is 1.31 bits per heavy atom. The van der Waals surface area contributed by atoms with Crippen LogP contribution in [0.15, 0.2) is 30.3 Å². The molecule has 1 atom stereocenters. The maximum atomic E-state index is 5.59. The minimum Gasteiger partial charge on any atom is -0.374 e. The molecule has 0 bridgehead atoms. The van der Waals surface area contributed by atoms with Crippen LogP contribution in [0.2, 0.25) is 0 Å². The maximum absolute atomic E-state index is 5.59. The molecule has 0 saturated carbocycles. The third kappa shape index (κ3) is 4.49. The molecule has 0 spiro atoms. The molecule has 1 aromatic carbocycles. The third-order valence-corrected chi connectivity index (χ3v) is 2.42. The van der Waals surface area contributed by atoms with Crippen LogP contribution in [0.4, 0.5) is 0 Å². The molecule has 0 aliphatic carbocycles. The van der Waals surface area contributed by atoms with Crippen LogP contribution < -0.4 is 5.32 Å². The molecule has 90 valence electrons. The fourth-order valence-electron chi connectivity index (χ4n) is 1.61. The summed E-state index contributed by atoms with van der Waals surface area (Å²) in [4.78, 5) is 0. The van der Waals surface area contributed by atoms with Gasteiger partial charge >= 0.3 is 0 Å². The molecule has 16 heavy (non-hydrogen) atoms. The normalized spacial score (nSPS) is 20.1. The summed E-state index contributed by atoms with van der Waals surface area (Å²) in [5.74, 6) is 0. The first-order chi connectivity index (χ1) is 7.45. The molecule has 1 aliphatic heterocycles. The van der Waals surface area contributed by atoms with Crippen molar-refractivity contribution in [1.82, 2.24) is 5.32 Å². The second-order valence-corrected chi connectivity index (χ2v) is 3.70. The van der Waals surface area contributed by atoms with Gasteiger partial charge in [-0.05, 0) is 5.56 Å². The molecule has 0 amide bonds. The Balaban J connectivity index is 0.00000128. The van der Waals surface area contributed by atoms with Crippen molar-refractivity contribution in [2.24, 2.45) is 0 Å². The van der Waals surface area contributed by atoms with Gasteiger partial charge in [-0.3, -0.25) is 0 Å².